The normalized spacial score (nSPS) is 18.5. The molecule has 9 heteroatoms. The van der Waals surface area contributed by atoms with Crippen molar-refractivity contribution in [2.75, 3.05) is 73.2 Å². The van der Waals surface area contributed by atoms with Crippen molar-refractivity contribution in [3.8, 4) is 0 Å². The molecule has 1 aliphatic heterocycles. The summed E-state index contributed by atoms with van der Waals surface area (Å²) < 4.78 is 11.4. The molecule has 0 bridgehead atoms. The third-order valence-corrected chi connectivity index (χ3v) is 5.44. The summed E-state index contributed by atoms with van der Waals surface area (Å²) in [4.78, 5) is 20.3. The summed E-state index contributed by atoms with van der Waals surface area (Å²) in [6, 6.07) is 0. The summed E-state index contributed by atoms with van der Waals surface area (Å²) in [5.74, 6) is 0.708. The molecule has 8 nitrogen and oxygen atoms in total. The quantitative estimate of drug-likeness (QED) is 0.180. The van der Waals surface area contributed by atoms with E-state index in [2.05, 4.69) is 20.5 Å². The van der Waals surface area contributed by atoms with Gasteiger partial charge in [0.1, 0.15) is 6.54 Å². The Labute approximate surface area is 199 Å². The number of ether oxygens (including phenoxy) is 2. The summed E-state index contributed by atoms with van der Waals surface area (Å²) in [5, 5.41) is 6.71. The van der Waals surface area contributed by atoms with Gasteiger partial charge >= 0.3 is 0 Å². The molecule has 0 aromatic heterocycles. The highest BCUT2D eigenvalue weighted by Crippen LogP contribution is 2.20. The van der Waals surface area contributed by atoms with Gasteiger partial charge in [0.2, 0.25) is 5.91 Å². The first-order chi connectivity index (χ1) is 14.1. The zero-order chi connectivity index (χ0) is 20.7. The third-order valence-electron chi connectivity index (χ3n) is 5.44. The van der Waals surface area contributed by atoms with E-state index in [0.29, 0.717) is 12.1 Å². The van der Waals surface area contributed by atoms with E-state index in [1.807, 2.05) is 0 Å². The van der Waals surface area contributed by atoms with Gasteiger partial charge in [-0.1, -0.05) is 19.3 Å². The van der Waals surface area contributed by atoms with E-state index >= 15 is 0 Å². The highest BCUT2D eigenvalue weighted by atomic mass is 127. The molecule has 1 aliphatic carbocycles. The SMILES string of the molecule is CN(C)C(=O)CN=C(NCCCOC1CCCCC1)NCCCN1CCOCC1.I. The summed E-state index contributed by atoms with van der Waals surface area (Å²) in [5.41, 5.74) is 0. The lowest BCUT2D eigenvalue weighted by Crippen LogP contribution is -2.41. The lowest BCUT2D eigenvalue weighted by atomic mass is 9.98. The van der Waals surface area contributed by atoms with E-state index < -0.39 is 0 Å². The number of carbonyl (C=O) groups excluding carboxylic acids is 1. The molecule has 2 rings (SSSR count). The van der Waals surface area contributed by atoms with Crippen LogP contribution in [0.4, 0.5) is 0 Å². The second-order valence-corrected chi connectivity index (χ2v) is 8.10. The van der Waals surface area contributed by atoms with Crippen LogP contribution in [0.3, 0.4) is 0 Å². The van der Waals surface area contributed by atoms with E-state index in [1.165, 1.54) is 32.1 Å². The predicted octanol–water partition coefficient (Wildman–Crippen LogP) is 1.69. The Morgan fingerprint density at radius 1 is 1.10 bits per heavy atom. The summed E-state index contributed by atoms with van der Waals surface area (Å²) >= 11 is 0. The molecule has 1 saturated heterocycles. The molecule has 0 spiro atoms. The van der Waals surface area contributed by atoms with Crippen LogP contribution < -0.4 is 10.6 Å². The standard InChI is InChI=1S/C21H41N5O3.HI/c1-25(2)20(27)18-24-21(22-10-6-12-26-13-16-28-17-14-26)23-11-7-15-29-19-8-4-3-5-9-19;/h19H,3-18H2,1-2H3,(H2,22,23,24);1H. The van der Waals surface area contributed by atoms with Crippen molar-refractivity contribution >= 4 is 35.8 Å². The van der Waals surface area contributed by atoms with E-state index in [1.54, 1.807) is 19.0 Å². The Balaban J connectivity index is 0.00000450. The number of nitrogens with zero attached hydrogens (tertiary/aromatic N) is 3. The molecule has 2 N–H and O–H groups in total. The summed E-state index contributed by atoms with van der Waals surface area (Å²) in [7, 11) is 3.51. The minimum Gasteiger partial charge on any atom is -0.379 e. The van der Waals surface area contributed by atoms with E-state index in [0.717, 1.165) is 65.4 Å². The molecule has 1 heterocycles. The number of hydrogen-bond donors (Lipinski definition) is 2. The molecule has 0 aromatic carbocycles. The molecule has 0 aromatic rings. The Hall–Kier alpha value is -0.650. The van der Waals surface area contributed by atoms with E-state index in [9.17, 15) is 4.79 Å². The van der Waals surface area contributed by atoms with Gasteiger partial charge in [0.25, 0.3) is 0 Å². The number of likely N-dealkylation sites (N-methyl/N-ethyl adjacent to an activating group) is 1. The highest BCUT2D eigenvalue weighted by molar-refractivity contribution is 14.0. The van der Waals surface area contributed by atoms with Gasteiger partial charge in [-0.3, -0.25) is 9.69 Å². The molecule has 0 radical (unpaired) electrons. The first-order valence-electron chi connectivity index (χ1n) is 11.3. The van der Waals surface area contributed by atoms with Crippen LogP contribution in [0, 0.1) is 0 Å². The van der Waals surface area contributed by atoms with Gasteiger partial charge in [0.15, 0.2) is 5.96 Å². The fourth-order valence-corrected chi connectivity index (χ4v) is 3.56. The van der Waals surface area contributed by atoms with Crippen LogP contribution in [-0.2, 0) is 14.3 Å². The van der Waals surface area contributed by atoms with Gasteiger partial charge in [-0.2, -0.15) is 0 Å². The van der Waals surface area contributed by atoms with Crippen molar-refractivity contribution < 1.29 is 14.3 Å². The van der Waals surface area contributed by atoms with Crippen LogP contribution in [0.1, 0.15) is 44.9 Å². The van der Waals surface area contributed by atoms with E-state index in [-0.39, 0.29) is 36.4 Å². The molecule has 1 saturated carbocycles. The monoisotopic (exact) mass is 539 g/mol. The predicted molar refractivity (Wildman–Crippen MR) is 132 cm³/mol. The van der Waals surface area contributed by atoms with Gasteiger partial charge < -0.3 is 25.0 Å². The van der Waals surface area contributed by atoms with Crippen molar-refractivity contribution in [2.24, 2.45) is 4.99 Å². The zero-order valence-electron chi connectivity index (χ0n) is 18.9. The van der Waals surface area contributed by atoms with Gasteiger partial charge in [-0.15, -0.1) is 24.0 Å². The number of halogens is 1. The lowest BCUT2D eigenvalue weighted by Gasteiger charge is -2.26. The first-order valence-corrected chi connectivity index (χ1v) is 11.3. The van der Waals surface area contributed by atoms with Crippen LogP contribution in [0.2, 0.25) is 0 Å². The fourth-order valence-electron chi connectivity index (χ4n) is 3.56. The Kier molecular flexibility index (Phi) is 15.5. The average molecular weight is 540 g/mol. The smallest absolute Gasteiger partial charge is 0.243 e. The van der Waals surface area contributed by atoms with Crippen molar-refractivity contribution in [3.05, 3.63) is 0 Å². The number of rotatable bonds is 11. The lowest BCUT2D eigenvalue weighted by molar-refractivity contribution is -0.127. The maximum Gasteiger partial charge on any atom is 0.243 e. The highest BCUT2D eigenvalue weighted by Gasteiger charge is 2.13. The molecule has 176 valence electrons. The Morgan fingerprint density at radius 3 is 2.43 bits per heavy atom. The van der Waals surface area contributed by atoms with Crippen molar-refractivity contribution in [2.45, 2.75) is 51.0 Å². The topological polar surface area (TPSA) is 78.4 Å². The second-order valence-electron chi connectivity index (χ2n) is 8.10. The Bertz CT molecular complexity index is 481. The van der Waals surface area contributed by atoms with Crippen molar-refractivity contribution in [1.82, 2.24) is 20.4 Å². The van der Waals surface area contributed by atoms with Gasteiger partial charge in [-0.05, 0) is 32.2 Å². The van der Waals surface area contributed by atoms with Crippen molar-refractivity contribution in [1.29, 1.82) is 0 Å². The number of carbonyl (C=O) groups is 1. The number of guanidine groups is 1. The Morgan fingerprint density at radius 2 is 1.77 bits per heavy atom. The summed E-state index contributed by atoms with van der Waals surface area (Å²) in [6.45, 7) is 7.29. The number of morpholine rings is 1. The minimum absolute atomic E-state index is 0. The van der Waals surface area contributed by atoms with E-state index in [4.69, 9.17) is 9.47 Å². The molecule has 0 unspecified atom stereocenters. The fraction of sp³-hybridized carbons (Fsp3) is 0.905. The van der Waals surface area contributed by atoms with Crippen LogP contribution >= 0.6 is 24.0 Å². The second kappa shape index (κ2) is 17.0. The van der Waals surface area contributed by atoms with Crippen LogP contribution in [0.25, 0.3) is 0 Å². The molecule has 2 aliphatic rings. The first kappa shape index (κ1) is 27.4. The summed E-state index contributed by atoms with van der Waals surface area (Å²) in [6.07, 6.45) is 8.79. The number of nitrogens with one attached hydrogen (secondary N) is 2. The molecular weight excluding hydrogens is 497 g/mol. The van der Waals surface area contributed by atoms with Crippen LogP contribution in [-0.4, -0.2) is 101 Å². The molecule has 0 atom stereocenters. The number of hydrogen-bond acceptors (Lipinski definition) is 5. The molecule has 2 fully saturated rings. The number of amides is 1. The molecule has 30 heavy (non-hydrogen) atoms. The maximum atomic E-state index is 11.9. The zero-order valence-corrected chi connectivity index (χ0v) is 21.2. The van der Waals surface area contributed by atoms with Gasteiger partial charge in [0.05, 0.1) is 19.3 Å². The van der Waals surface area contributed by atoms with Crippen LogP contribution in [0.15, 0.2) is 4.99 Å². The maximum absolute atomic E-state index is 11.9. The minimum atomic E-state index is 0. The number of aliphatic imine (C=N–C) groups is 1. The molecule has 1 amide bonds. The third kappa shape index (κ3) is 12.3. The van der Waals surface area contributed by atoms with Crippen LogP contribution in [0.5, 0.6) is 0 Å². The van der Waals surface area contributed by atoms with Gasteiger partial charge in [-0.25, -0.2) is 4.99 Å². The van der Waals surface area contributed by atoms with Gasteiger partial charge in [0, 0.05) is 46.9 Å². The van der Waals surface area contributed by atoms with Crippen molar-refractivity contribution in [3.63, 3.8) is 0 Å². The average Bonchev–Trinajstić information content (AvgIpc) is 2.75. The molecular formula is C21H42IN5O3. The largest absolute Gasteiger partial charge is 0.379 e.